The van der Waals surface area contributed by atoms with Crippen LogP contribution in [0, 0.1) is 0 Å². The number of ether oxygens (including phenoxy) is 2. The molecule has 0 spiro atoms. The third kappa shape index (κ3) is 4.40. The monoisotopic (exact) mass is 331 g/mol. The molecule has 0 heterocycles. The number of halogens is 1. The van der Waals surface area contributed by atoms with Crippen LogP contribution in [0.25, 0.3) is 0 Å². The van der Waals surface area contributed by atoms with Gasteiger partial charge in [0.15, 0.2) is 11.5 Å². The second-order valence-electron chi connectivity index (χ2n) is 3.97. The molecule has 0 amide bonds. The number of benzene rings is 1. The first-order valence-electron chi connectivity index (χ1n) is 5.95. The highest BCUT2D eigenvalue weighted by molar-refractivity contribution is 9.10. The van der Waals surface area contributed by atoms with Gasteiger partial charge in [0.05, 0.1) is 13.7 Å². The highest BCUT2D eigenvalue weighted by atomic mass is 79.9. The van der Waals surface area contributed by atoms with Gasteiger partial charge in [0.1, 0.15) is 6.04 Å². The summed E-state index contributed by atoms with van der Waals surface area (Å²) in [6.45, 7) is 4.48. The fourth-order valence-electron chi connectivity index (χ4n) is 1.49. The van der Waals surface area contributed by atoms with Crippen molar-refractivity contribution < 1.29 is 19.4 Å². The van der Waals surface area contributed by atoms with Crippen molar-refractivity contribution in [2.75, 3.05) is 13.7 Å². The topological polar surface area (TPSA) is 67.8 Å². The van der Waals surface area contributed by atoms with E-state index in [1.807, 2.05) is 19.1 Å². The number of carbonyl (C=O) groups is 1. The van der Waals surface area contributed by atoms with E-state index < -0.39 is 12.0 Å². The van der Waals surface area contributed by atoms with Gasteiger partial charge in [-0.2, -0.15) is 0 Å². The minimum Gasteiger partial charge on any atom is -0.493 e. The first-order valence-corrected chi connectivity index (χ1v) is 6.74. The molecule has 0 bridgehead atoms. The van der Waals surface area contributed by atoms with Crippen LogP contribution in [0.5, 0.6) is 11.5 Å². The van der Waals surface area contributed by atoms with Crippen LogP contribution >= 0.6 is 15.9 Å². The van der Waals surface area contributed by atoms with Crippen LogP contribution in [0.3, 0.4) is 0 Å². The fourth-order valence-corrected chi connectivity index (χ4v) is 1.95. The smallest absolute Gasteiger partial charge is 0.320 e. The van der Waals surface area contributed by atoms with E-state index in [0.717, 1.165) is 10.0 Å². The van der Waals surface area contributed by atoms with Gasteiger partial charge in [-0.25, -0.2) is 0 Å². The molecule has 1 unspecified atom stereocenters. The minimum atomic E-state index is -0.881. The number of rotatable bonds is 7. The standard InChI is InChI=1S/C13H18BrNO4/c1-4-19-12-6-10(14)9(5-11(12)18-3)7-15-8(2)13(16)17/h5-6,8,15H,4,7H2,1-3H3,(H,16,17). The summed E-state index contributed by atoms with van der Waals surface area (Å²) in [4.78, 5) is 10.7. The zero-order chi connectivity index (χ0) is 14.4. The van der Waals surface area contributed by atoms with E-state index in [1.165, 1.54) is 0 Å². The first-order chi connectivity index (χ1) is 8.99. The van der Waals surface area contributed by atoms with E-state index in [-0.39, 0.29) is 0 Å². The van der Waals surface area contributed by atoms with Crippen LogP contribution in [0.15, 0.2) is 16.6 Å². The van der Waals surface area contributed by atoms with Gasteiger partial charge >= 0.3 is 5.97 Å². The second kappa shape index (κ2) is 7.35. The summed E-state index contributed by atoms with van der Waals surface area (Å²) in [6, 6.07) is 3.05. The molecule has 0 aliphatic heterocycles. The molecule has 1 aromatic rings. The summed E-state index contributed by atoms with van der Waals surface area (Å²) in [6.07, 6.45) is 0. The van der Waals surface area contributed by atoms with Crippen molar-refractivity contribution in [3.05, 3.63) is 22.2 Å². The lowest BCUT2D eigenvalue weighted by atomic mass is 10.2. The Morgan fingerprint density at radius 1 is 1.47 bits per heavy atom. The zero-order valence-corrected chi connectivity index (χ0v) is 12.8. The number of aliphatic carboxylic acids is 1. The van der Waals surface area contributed by atoms with Crippen LogP contribution in [-0.4, -0.2) is 30.8 Å². The molecule has 0 radical (unpaired) electrons. The van der Waals surface area contributed by atoms with Crippen molar-refractivity contribution in [3.63, 3.8) is 0 Å². The highest BCUT2D eigenvalue weighted by Gasteiger charge is 2.13. The van der Waals surface area contributed by atoms with Gasteiger partial charge in [0.25, 0.3) is 0 Å². The van der Waals surface area contributed by atoms with Gasteiger partial charge in [-0.3, -0.25) is 4.79 Å². The Hall–Kier alpha value is -1.27. The summed E-state index contributed by atoms with van der Waals surface area (Å²) >= 11 is 3.44. The first kappa shape index (κ1) is 15.8. The molecule has 1 rings (SSSR count). The normalized spacial score (nSPS) is 12.0. The molecule has 0 saturated heterocycles. The Balaban J connectivity index is 2.87. The van der Waals surface area contributed by atoms with Crippen molar-refractivity contribution in [1.82, 2.24) is 5.32 Å². The number of carboxylic acid groups (broad SMARTS) is 1. The summed E-state index contributed by atoms with van der Waals surface area (Å²) in [5.41, 5.74) is 0.911. The summed E-state index contributed by atoms with van der Waals surface area (Å²) in [5.74, 6) is 0.408. The Labute approximate surface area is 121 Å². The largest absolute Gasteiger partial charge is 0.493 e. The van der Waals surface area contributed by atoms with Gasteiger partial charge in [-0.1, -0.05) is 15.9 Å². The molecular weight excluding hydrogens is 314 g/mol. The van der Waals surface area contributed by atoms with Gasteiger partial charge < -0.3 is 19.9 Å². The summed E-state index contributed by atoms with van der Waals surface area (Å²) < 4.78 is 11.6. The van der Waals surface area contributed by atoms with Crippen molar-refractivity contribution in [1.29, 1.82) is 0 Å². The van der Waals surface area contributed by atoms with E-state index in [4.69, 9.17) is 14.6 Å². The maximum Gasteiger partial charge on any atom is 0.320 e. The molecule has 106 valence electrons. The Kier molecular flexibility index (Phi) is 6.11. The molecule has 19 heavy (non-hydrogen) atoms. The molecule has 0 aliphatic rings. The molecular formula is C13H18BrNO4. The number of hydrogen-bond acceptors (Lipinski definition) is 4. The lowest BCUT2D eigenvalue weighted by Gasteiger charge is -2.14. The van der Waals surface area contributed by atoms with E-state index in [1.54, 1.807) is 14.0 Å². The van der Waals surface area contributed by atoms with E-state index in [2.05, 4.69) is 21.2 Å². The highest BCUT2D eigenvalue weighted by Crippen LogP contribution is 2.33. The average Bonchev–Trinajstić information content (AvgIpc) is 2.37. The average molecular weight is 332 g/mol. The van der Waals surface area contributed by atoms with E-state index in [9.17, 15) is 4.79 Å². The lowest BCUT2D eigenvalue weighted by molar-refractivity contribution is -0.139. The number of methoxy groups -OCH3 is 1. The van der Waals surface area contributed by atoms with Crippen LogP contribution in [0.4, 0.5) is 0 Å². The maximum atomic E-state index is 10.7. The van der Waals surface area contributed by atoms with Crippen molar-refractivity contribution in [2.24, 2.45) is 0 Å². The minimum absolute atomic E-state index is 0.427. The van der Waals surface area contributed by atoms with Crippen molar-refractivity contribution >= 4 is 21.9 Å². The van der Waals surface area contributed by atoms with E-state index >= 15 is 0 Å². The molecule has 1 aromatic carbocycles. The number of nitrogens with one attached hydrogen (secondary N) is 1. The third-order valence-corrected chi connectivity index (χ3v) is 3.34. The quantitative estimate of drug-likeness (QED) is 0.803. The second-order valence-corrected chi connectivity index (χ2v) is 4.82. The summed E-state index contributed by atoms with van der Waals surface area (Å²) in [5, 5.41) is 11.7. The predicted molar refractivity (Wildman–Crippen MR) is 75.8 cm³/mol. The van der Waals surface area contributed by atoms with Gasteiger partial charge in [-0.15, -0.1) is 0 Å². The lowest BCUT2D eigenvalue weighted by Crippen LogP contribution is -2.33. The van der Waals surface area contributed by atoms with Crippen LogP contribution < -0.4 is 14.8 Å². The third-order valence-electron chi connectivity index (χ3n) is 2.60. The molecule has 0 aromatic heterocycles. The predicted octanol–water partition coefficient (Wildman–Crippen LogP) is 2.42. The van der Waals surface area contributed by atoms with Crippen LogP contribution in [0.1, 0.15) is 19.4 Å². The number of carboxylic acids is 1. The molecule has 6 heteroatoms. The Morgan fingerprint density at radius 2 is 2.16 bits per heavy atom. The maximum absolute atomic E-state index is 10.7. The summed E-state index contributed by atoms with van der Waals surface area (Å²) in [7, 11) is 1.57. The molecule has 2 N–H and O–H groups in total. The number of hydrogen-bond donors (Lipinski definition) is 2. The van der Waals surface area contributed by atoms with Crippen LogP contribution in [0.2, 0.25) is 0 Å². The van der Waals surface area contributed by atoms with E-state index in [0.29, 0.717) is 24.7 Å². The molecule has 0 aliphatic carbocycles. The molecule has 0 fully saturated rings. The van der Waals surface area contributed by atoms with Gasteiger partial charge in [-0.05, 0) is 31.5 Å². The van der Waals surface area contributed by atoms with Crippen molar-refractivity contribution in [3.8, 4) is 11.5 Å². The molecule has 0 saturated carbocycles. The Bertz CT molecular complexity index is 451. The van der Waals surface area contributed by atoms with Gasteiger partial charge in [0.2, 0.25) is 0 Å². The fraction of sp³-hybridized carbons (Fsp3) is 0.462. The Morgan fingerprint density at radius 3 is 2.68 bits per heavy atom. The van der Waals surface area contributed by atoms with Crippen molar-refractivity contribution in [2.45, 2.75) is 26.4 Å². The molecule has 1 atom stereocenters. The van der Waals surface area contributed by atoms with Crippen LogP contribution in [-0.2, 0) is 11.3 Å². The van der Waals surface area contributed by atoms with Gasteiger partial charge in [0, 0.05) is 11.0 Å². The molecule has 5 nitrogen and oxygen atoms in total. The SMILES string of the molecule is CCOc1cc(Br)c(CNC(C)C(=O)O)cc1OC. The zero-order valence-electron chi connectivity index (χ0n) is 11.2.